The summed E-state index contributed by atoms with van der Waals surface area (Å²) in [4.78, 5) is 16.1. The molecular formula is C24H32O2S2. The van der Waals surface area contributed by atoms with Gasteiger partial charge in [-0.2, -0.15) is 0 Å². The highest BCUT2D eigenvalue weighted by molar-refractivity contribution is 7.11. The third-order valence-corrected chi connectivity index (χ3v) is 8.25. The molecule has 3 unspecified atom stereocenters. The van der Waals surface area contributed by atoms with Crippen LogP contribution in [0.5, 0.6) is 0 Å². The van der Waals surface area contributed by atoms with E-state index in [1.54, 1.807) is 22.7 Å². The molecule has 1 N–H and O–H groups in total. The molecule has 3 atom stereocenters. The highest BCUT2D eigenvalue weighted by Gasteiger charge is 2.60. The summed E-state index contributed by atoms with van der Waals surface area (Å²) in [6.45, 7) is 14.2. The molecule has 0 radical (unpaired) electrons. The van der Waals surface area contributed by atoms with Gasteiger partial charge in [0.2, 0.25) is 0 Å². The molecule has 0 saturated carbocycles. The average Bonchev–Trinajstić information content (AvgIpc) is 3.26. The summed E-state index contributed by atoms with van der Waals surface area (Å²) >= 11 is 3.38. The smallest absolute Gasteiger partial charge is 0.145 e. The summed E-state index contributed by atoms with van der Waals surface area (Å²) in [6.07, 6.45) is 2.75. The van der Waals surface area contributed by atoms with Crippen LogP contribution in [0.3, 0.4) is 0 Å². The molecule has 0 fully saturated rings. The third-order valence-electron chi connectivity index (χ3n) is 6.15. The van der Waals surface area contributed by atoms with Crippen LogP contribution in [0, 0.1) is 16.7 Å². The monoisotopic (exact) mass is 416 g/mol. The first-order chi connectivity index (χ1) is 12.8. The summed E-state index contributed by atoms with van der Waals surface area (Å²) in [5.41, 5.74) is -1.58. The number of aliphatic hydroxyl groups is 1. The van der Waals surface area contributed by atoms with Crippen LogP contribution >= 0.6 is 22.7 Å². The molecule has 0 bridgehead atoms. The average molecular weight is 417 g/mol. The SMILES string of the molecule is CC(C)(C)C(=O)C1C(C)(c2cccs2)CC(c2cccs2)=CC1(O)C(C)(C)C. The van der Waals surface area contributed by atoms with Gasteiger partial charge in [-0.05, 0) is 46.4 Å². The number of Topliss-reactive ketones (excluding diaryl/α,β-unsaturated/α-hetero) is 1. The molecule has 2 nitrogen and oxygen atoms in total. The second-order valence-electron chi connectivity index (χ2n) is 10.3. The molecule has 0 aromatic carbocycles. The molecule has 2 aromatic rings. The number of thiophene rings is 2. The molecule has 0 aliphatic heterocycles. The zero-order chi connectivity index (χ0) is 21.0. The molecule has 28 heavy (non-hydrogen) atoms. The minimum atomic E-state index is -1.24. The predicted octanol–water partition coefficient (Wildman–Crippen LogP) is 6.56. The summed E-state index contributed by atoms with van der Waals surface area (Å²) < 4.78 is 0. The quantitative estimate of drug-likeness (QED) is 0.615. The van der Waals surface area contributed by atoms with Crippen LogP contribution in [0.1, 0.15) is 64.6 Å². The molecule has 2 heterocycles. The first-order valence-electron chi connectivity index (χ1n) is 9.87. The van der Waals surface area contributed by atoms with Crippen LogP contribution in [0.2, 0.25) is 0 Å². The van der Waals surface area contributed by atoms with E-state index in [1.807, 2.05) is 59.8 Å². The number of rotatable bonds is 3. The first-order valence-corrected chi connectivity index (χ1v) is 11.6. The van der Waals surface area contributed by atoms with E-state index in [0.717, 1.165) is 12.0 Å². The Labute approximate surface area is 177 Å². The maximum absolute atomic E-state index is 13.8. The molecule has 1 aliphatic rings. The molecule has 0 amide bonds. The topological polar surface area (TPSA) is 37.3 Å². The standard InChI is InChI=1S/C24H32O2S2/c1-21(2,3)20(25)19-23(7,18-11-9-13-28-18)14-16(17-10-8-12-27-17)15-24(19,26)22(4,5)6/h8-13,15,19,26H,14H2,1-7H3. The number of ketones is 1. The van der Waals surface area contributed by atoms with Gasteiger partial charge in [-0.3, -0.25) is 4.79 Å². The normalized spacial score (nSPS) is 28.9. The second-order valence-corrected chi connectivity index (χ2v) is 12.2. The lowest BCUT2D eigenvalue weighted by Gasteiger charge is -2.55. The van der Waals surface area contributed by atoms with Gasteiger partial charge >= 0.3 is 0 Å². The van der Waals surface area contributed by atoms with Crippen molar-refractivity contribution in [1.82, 2.24) is 0 Å². The molecule has 3 rings (SSSR count). The van der Waals surface area contributed by atoms with Gasteiger partial charge in [-0.15, -0.1) is 22.7 Å². The second kappa shape index (κ2) is 6.93. The van der Waals surface area contributed by atoms with Gasteiger partial charge < -0.3 is 5.11 Å². The number of carbonyl (C=O) groups excluding carboxylic acids is 1. The van der Waals surface area contributed by atoms with Crippen LogP contribution in [-0.2, 0) is 10.2 Å². The number of allylic oxidation sites excluding steroid dienone is 1. The Morgan fingerprint density at radius 2 is 1.68 bits per heavy atom. The van der Waals surface area contributed by atoms with Crippen molar-refractivity contribution in [2.45, 2.75) is 65.9 Å². The van der Waals surface area contributed by atoms with Gasteiger partial charge in [0.15, 0.2) is 0 Å². The van der Waals surface area contributed by atoms with Crippen molar-refractivity contribution in [3.63, 3.8) is 0 Å². The van der Waals surface area contributed by atoms with Gasteiger partial charge in [-0.25, -0.2) is 0 Å². The lowest BCUT2D eigenvalue weighted by Crippen LogP contribution is -2.61. The summed E-state index contributed by atoms with van der Waals surface area (Å²) in [5, 5.41) is 16.4. The van der Waals surface area contributed by atoms with Crippen molar-refractivity contribution in [2.75, 3.05) is 0 Å². The van der Waals surface area contributed by atoms with Crippen molar-refractivity contribution in [3.8, 4) is 0 Å². The first kappa shape index (κ1) is 21.5. The van der Waals surface area contributed by atoms with Crippen LogP contribution in [0.15, 0.2) is 41.1 Å². The van der Waals surface area contributed by atoms with Crippen LogP contribution in [-0.4, -0.2) is 16.5 Å². The van der Waals surface area contributed by atoms with E-state index in [0.29, 0.717) is 0 Å². The van der Waals surface area contributed by atoms with Gasteiger partial charge in [0.25, 0.3) is 0 Å². The van der Waals surface area contributed by atoms with Crippen molar-refractivity contribution in [3.05, 3.63) is 50.9 Å². The maximum Gasteiger partial charge on any atom is 0.145 e. The lowest BCUT2D eigenvalue weighted by atomic mass is 9.51. The van der Waals surface area contributed by atoms with Crippen molar-refractivity contribution in [2.24, 2.45) is 16.7 Å². The van der Waals surface area contributed by atoms with Crippen molar-refractivity contribution < 1.29 is 9.90 Å². The molecule has 0 spiro atoms. The van der Waals surface area contributed by atoms with E-state index in [1.165, 1.54) is 9.75 Å². The Balaban J connectivity index is 2.32. The Morgan fingerprint density at radius 3 is 2.14 bits per heavy atom. The molecule has 152 valence electrons. The van der Waals surface area contributed by atoms with Gasteiger partial charge in [0.1, 0.15) is 5.78 Å². The molecular weight excluding hydrogens is 384 g/mol. The van der Waals surface area contributed by atoms with Gasteiger partial charge in [0.05, 0.1) is 11.5 Å². The molecule has 4 heteroatoms. The minimum Gasteiger partial charge on any atom is -0.384 e. The fraction of sp³-hybridized carbons (Fsp3) is 0.542. The Bertz CT molecular complexity index is 863. The maximum atomic E-state index is 13.8. The fourth-order valence-electron chi connectivity index (χ4n) is 4.41. The fourth-order valence-corrected chi connectivity index (χ4v) is 6.07. The van der Waals surface area contributed by atoms with Crippen LogP contribution < -0.4 is 0 Å². The van der Waals surface area contributed by atoms with Crippen LogP contribution in [0.4, 0.5) is 0 Å². The van der Waals surface area contributed by atoms with Gasteiger partial charge in [-0.1, -0.05) is 60.6 Å². The molecule has 0 saturated heterocycles. The van der Waals surface area contributed by atoms with Gasteiger partial charge in [0, 0.05) is 20.6 Å². The van der Waals surface area contributed by atoms with E-state index in [9.17, 15) is 9.90 Å². The summed E-state index contributed by atoms with van der Waals surface area (Å²) in [6, 6.07) is 8.32. The lowest BCUT2D eigenvalue weighted by molar-refractivity contribution is -0.152. The highest BCUT2D eigenvalue weighted by atomic mass is 32.1. The zero-order valence-corrected chi connectivity index (χ0v) is 19.6. The largest absolute Gasteiger partial charge is 0.384 e. The highest BCUT2D eigenvalue weighted by Crippen LogP contribution is 2.57. The van der Waals surface area contributed by atoms with E-state index in [2.05, 4.69) is 29.8 Å². The summed E-state index contributed by atoms with van der Waals surface area (Å²) in [7, 11) is 0. The number of hydrogen-bond donors (Lipinski definition) is 1. The van der Waals surface area contributed by atoms with E-state index >= 15 is 0 Å². The Morgan fingerprint density at radius 1 is 1.07 bits per heavy atom. The number of carbonyl (C=O) groups is 1. The minimum absolute atomic E-state index is 0.127. The predicted molar refractivity (Wildman–Crippen MR) is 121 cm³/mol. The van der Waals surface area contributed by atoms with Crippen LogP contribution in [0.25, 0.3) is 5.57 Å². The zero-order valence-electron chi connectivity index (χ0n) is 18.0. The van der Waals surface area contributed by atoms with Crippen molar-refractivity contribution >= 4 is 34.0 Å². The molecule has 1 aliphatic carbocycles. The number of hydrogen-bond acceptors (Lipinski definition) is 4. The van der Waals surface area contributed by atoms with E-state index in [-0.39, 0.29) is 5.78 Å². The Hall–Kier alpha value is -1.23. The Kier molecular flexibility index (Phi) is 5.31. The third kappa shape index (κ3) is 3.44. The van der Waals surface area contributed by atoms with E-state index in [4.69, 9.17) is 0 Å². The van der Waals surface area contributed by atoms with Crippen molar-refractivity contribution in [1.29, 1.82) is 0 Å². The van der Waals surface area contributed by atoms with E-state index < -0.39 is 27.8 Å². The summed E-state index contributed by atoms with van der Waals surface area (Å²) in [5.74, 6) is -0.385. The molecule has 2 aromatic heterocycles.